The monoisotopic (exact) mass is 753 g/mol. The van der Waals surface area contributed by atoms with Gasteiger partial charge < -0.3 is 50.4 Å². The van der Waals surface area contributed by atoms with E-state index in [9.17, 15) is 34.8 Å². The Kier molecular flexibility index (Phi) is 11.2. The first-order valence-corrected chi connectivity index (χ1v) is 18.1. The van der Waals surface area contributed by atoms with Crippen LogP contribution in [0.15, 0.2) is 36.1 Å². The van der Waals surface area contributed by atoms with Gasteiger partial charge in [-0.05, 0) is 19.9 Å². The number of aromatic hydroxyl groups is 2. The molecule has 0 saturated carbocycles. The minimum Gasteiger partial charge on any atom is -0.507 e. The van der Waals surface area contributed by atoms with Crippen molar-refractivity contribution in [2.45, 2.75) is 85.6 Å². The number of amides is 1. The lowest BCUT2D eigenvalue weighted by atomic mass is 9.78. The molecule has 0 saturated heterocycles. The second-order valence-corrected chi connectivity index (χ2v) is 15.1. The summed E-state index contributed by atoms with van der Waals surface area (Å²) >= 11 is 0.968. The van der Waals surface area contributed by atoms with Crippen molar-refractivity contribution < 1.29 is 53.8 Å². The van der Waals surface area contributed by atoms with Crippen LogP contribution in [-0.2, 0) is 23.8 Å². The third kappa shape index (κ3) is 7.05. The van der Waals surface area contributed by atoms with Gasteiger partial charge in [-0.3, -0.25) is 14.4 Å². The molecule has 286 valence electrons. The maximum absolute atomic E-state index is 14.3. The Hall–Kier alpha value is -4.70. The van der Waals surface area contributed by atoms with E-state index >= 15 is 0 Å². The number of ketones is 1. The number of carbonyl (C=O) groups excluding carboxylic acids is 3. The van der Waals surface area contributed by atoms with E-state index in [1.807, 2.05) is 0 Å². The van der Waals surface area contributed by atoms with Crippen molar-refractivity contribution in [3.63, 3.8) is 0 Å². The third-order valence-corrected chi connectivity index (χ3v) is 11.3. The predicted octanol–water partition coefficient (Wildman–Crippen LogP) is 5.24. The van der Waals surface area contributed by atoms with Crippen LogP contribution in [0.5, 0.6) is 17.2 Å². The first kappa shape index (κ1) is 39.5. The van der Waals surface area contributed by atoms with Crippen LogP contribution < -0.4 is 15.8 Å². The second kappa shape index (κ2) is 15.0. The third-order valence-electron chi connectivity index (χ3n) is 10.4. The zero-order chi connectivity index (χ0) is 39.3. The van der Waals surface area contributed by atoms with Crippen LogP contribution in [0, 0.1) is 30.6 Å². The van der Waals surface area contributed by atoms with E-state index in [0.717, 1.165) is 11.3 Å². The number of anilines is 2. The Balaban J connectivity index is 1.70. The lowest BCUT2D eigenvalue weighted by Crippen LogP contribution is -2.46. The molecule has 2 aliphatic heterocycles. The highest BCUT2D eigenvalue weighted by atomic mass is 32.1. The number of phenols is 2. The highest BCUT2D eigenvalue weighted by Gasteiger charge is 2.49. The van der Waals surface area contributed by atoms with Gasteiger partial charge in [-0.2, -0.15) is 0 Å². The van der Waals surface area contributed by atoms with E-state index in [1.54, 1.807) is 46.8 Å². The number of Topliss-reactive ketones (excluding diaryl/α,β-unsaturated/α-hetero) is 1. The van der Waals surface area contributed by atoms with Gasteiger partial charge in [-0.25, -0.2) is 4.98 Å². The van der Waals surface area contributed by atoms with E-state index in [-0.39, 0.29) is 54.3 Å². The largest absolute Gasteiger partial charge is 0.507 e. The molecule has 1 aromatic heterocycles. The number of rotatable bonds is 2. The van der Waals surface area contributed by atoms with Crippen molar-refractivity contribution >= 4 is 60.8 Å². The van der Waals surface area contributed by atoms with Crippen LogP contribution in [0.1, 0.15) is 64.4 Å². The average Bonchev–Trinajstić information content (AvgIpc) is 3.63. The first-order valence-electron chi connectivity index (χ1n) is 17.3. The number of aliphatic hydroxyl groups excluding tert-OH is 2. The number of nitrogens with one attached hydrogen (secondary N) is 1. The number of hydrogen-bond donors (Lipinski definition) is 6. The lowest BCUT2D eigenvalue weighted by molar-refractivity contribution is -0.160. The van der Waals surface area contributed by atoms with Gasteiger partial charge in [-0.1, -0.05) is 57.3 Å². The summed E-state index contributed by atoms with van der Waals surface area (Å²) in [7, 11) is 1.45. The normalized spacial score (nSPS) is 32.2. The van der Waals surface area contributed by atoms with Crippen molar-refractivity contribution in [1.82, 2.24) is 4.98 Å². The molecule has 5 rings (SSSR count). The number of benzene rings is 2. The Morgan fingerprint density at radius 3 is 2.34 bits per heavy atom. The van der Waals surface area contributed by atoms with E-state index in [4.69, 9.17) is 24.7 Å². The summed E-state index contributed by atoms with van der Waals surface area (Å²) in [4.78, 5) is 44.5. The zero-order valence-electron chi connectivity index (χ0n) is 31.1. The minimum absolute atomic E-state index is 0.00910. The molecule has 0 fully saturated rings. The van der Waals surface area contributed by atoms with Crippen LogP contribution in [0.25, 0.3) is 21.0 Å². The number of nitrogen functional groups attached to an aromatic ring is 1. The number of nitrogens with zero attached hydrogens (tertiary/aromatic N) is 1. The molecule has 15 heteroatoms. The molecule has 1 amide bonds. The van der Waals surface area contributed by atoms with Crippen LogP contribution in [-0.4, -0.2) is 80.4 Å². The molecule has 7 N–H and O–H groups in total. The number of aliphatic hydroxyl groups is 2. The molecular formula is C38H47N3O11S. The number of nitrogens with two attached hydrogens (primary N) is 1. The lowest BCUT2D eigenvalue weighted by Gasteiger charge is -2.38. The van der Waals surface area contributed by atoms with Gasteiger partial charge in [0.1, 0.15) is 23.3 Å². The van der Waals surface area contributed by atoms with Gasteiger partial charge in [0.2, 0.25) is 0 Å². The number of ether oxygens (including phenoxy) is 4. The SMILES string of the molecule is CO[C@H]1/C=C/O[C@@]2(C)Oc3c(C)c(O)c4c(O)c(c5sc(N)nc5c4c3C2=O)NC(=O)/C(C)=C\C=C\[C@H](C)[C@H](O)[C@@H](C)[C@@H](O)[C@@H](C)[C@H](OC(C)=O)[C@@H]1C. The molecule has 0 spiro atoms. The van der Waals surface area contributed by atoms with E-state index in [2.05, 4.69) is 10.3 Å². The Morgan fingerprint density at radius 1 is 1.02 bits per heavy atom. The van der Waals surface area contributed by atoms with Gasteiger partial charge in [-0.15, -0.1) is 0 Å². The summed E-state index contributed by atoms with van der Waals surface area (Å²) in [5.74, 6) is -7.04. The molecule has 0 aliphatic carbocycles. The summed E-state index contributed by atoms with van der Waals surface area (Å²) in [5, 5.41) is 48.6. The molecule has 2 aliphatic rings. The van der Waals surface area contributed by atoms with Crippen molar-refractivity contribution in [3.05, 3.63) is 47.3 Å². The molecule has 9 atom stereocenters. The topological polar surface area (TPSA) is 220 Å². The van der Waals surface area contributed by atoms with E-state index in [0.29, 0.717) is 0 Å². The van der Waals surface area contributed by atoms with Gasteiger partial charge >= 0.3 is 11.8 Å². The predicted molar refractivity (Wildman–Crippen MR) is 200 cm³/mol. The number of esters is 1. The number of hydrogen-bond acceptors (Lipinski definition) is 14. The van der Waals surface area contributed by atoms with Gasteiger partial charge in [0.15, 0.2) is 10.9 Å². The van der Waals surface area contributed by atoms with Crippen LogP contribution in [0.2, 0.25) is 0 Å². The van der Waals surface area contributed by atoms with Gasteiger partial charge in [0.25, 0.3) is 11.7 Å². The van der Waals surface area contributed by atoms with Crippen LogP contribution in [0.4, 0.5) is 10.8 Å². The molecule has 14 nitrogen and oxygen atoms in total. The Labute approximate surface area is 310 Å². The summed E-state index contributed by atoms with van der Waals surface area (Å²) < 4.78 is 23.8. The number of allylic oxidation sites excluding steroid dienone is 2. The van der Waals surface area contributed by atoms with E-state index < -0.39 is 83.0 Å². The zero-order valence-corrected chi connectivity index (χ0v) is 31.9. The Bertz CT molecular complexity index is 2060. The number of thiazole rings is 1. The quantitative estimate of drug-likeness (QED) is 0.146. The molecule has 3 aromatic rings. The van der Waals surface area contributed by atoms with Crippen molar-refractivity contribution in [3.8, 4) is 17.2 Å². The molecule has 3 heterocycles. The van der Waals surface area contributed by atoms with Crippen molar-refractivity contribution in [2.75, 3.05) is 18.2 Å². The molecule has 53 heavy (non-hydrogen) atoms. The fourth-order valence-electron chi connectivity index (χ4n) is 7.14. The summed E-state index contributed by atoms with van der Waals surface area (Å²) in [6.07, 6.45) is 3.80. The molecule has 2 aromatic carbocycles. The fraction of sp³-hybridized carbons (Fsp3) is 0.474. The second-order valence-electron chi connectivity index (χ2n) is 14.1. The van der Waals surface area contributed by atoms with Crippen LogP contribution >= 0.6 is 11.3 Å². The highest BCUT2D eigenvalue weighted by Crippen LogP contribution is 2.55. The Morgan fingerprint density at radius 2 is 1.70 bits per heavy atom. The maximum Gasteiger partial charge on any atom is 0.312 e. The number of fused-ring (bicyclic) bond motifs is 1. The average molecular weight is 754 g/mol. The summed E-state index contributed by atoms with van der Waals surface area (Å²) in [6.45, 7) is 12.7. The minimum atomic E-state index is -1.95. The summed E-state index contributed by atoms with van der Waals surface area (Å²) in [5.41, 5.74) is 6.57. The molecule has 0 radical (unpaired) electrons. The number of carbonyl (C=O) groups is 3. The summed E-state index contributed by atoms with van der Waals surface area (Å²) in [6, 6.07) is 0. The smallest absolute Gasteiger partial charge is 0.312 e. The van der Waals surface area contributed by atoms with Gasteiger partial charge in [0.05, 0.1) is 45.7 Å². The highest BCUT2D eigenvalue weighted by molar-refractivity contribution is 7.22. The standard InChI is InChI=1S/C38H47N3O11S/c1-15-11-10-12-16(2)36(48)40-27-31(46)24-23(26-34(27)53-37(39)41-26)25-33(20(6)30(24)45)52-38(8,35(25)47)50-14-13-22(49-9)17(3)32(51-21(7)42)19(5)29(44)18(4)28(15)43/h10-15,17-19,22,28-29,32,43-46H,1-9H3,(H2,39,41)(H,40,48)/b11-10+,14-13+,16-12-/t15-,17+,18+,19+,22-,28-,29+,32+,38-/m0/s1. The van der Waals surface area contributed by atoms with Crippen LogP contribution in [0.3, 0.4) is 0 Å². The number of phenolic OH excluding ortho intramolecular Hbond substituents is 2. The molecular weight excluding hydrogens is 706 g/mol. The van der Waals surface area contributed by atoms with Crippen molar-refractivity contribution in [1.29, 1.82) is 0 Å². The fourth-order valence-corrected chi connectivity index (χ4v) is 7.98. The molecule has 4 bridgehead atoms. The van der Waals surface area contributed by atoms with Gasteiger partial charge in [0, 0.05) is 61.2 Å². The number of methoxy groups -OCH3 is 1. The number of aromatic nitrogens is 1. The van der Waals surface area contributed by atoms with E-state index in [1.165, 1.54) is 46.3 Å². The first-order chi connectivity index (χ1) is 24.8. The maximum atomic E-state index is 14.3. The molecule has 0 unspecified atom stereocenters. The van der Waals surface area contributed by atoms with Crippen molar-refractivity contribution in [2.24, 2.45) is 23.7 Å².